The summed E-state index contributed by atoms with van der Waals surface area (Å²) in [4.78, 5) is 24.3. The second-order valence-corrected chi connectivity index (χ2v) is 8.39. The number of rotatable bonds is 7. The van der Waals surface area contributed by atoms with Crippen molar-refractivity contribution in [1.82, 2.24) is 15.5 Å². The Morgan fingerprint density at radius 3 is 2.54 bits per heavy atom. The fourth-order valence-corrected chi connectivity index (χ4v) is 3.91. The highest BCUT2D eigenvalue weighted by Crippen LogP contribution is 2.23. The van der Waals surface area contributed by atoms with Gasteiger partial charge in [0, 0.05) is 12.2 Å². The number of aromatic nitrogens is 2. The highest BCUT2D eigenvalue weighted by atomic mass is 32.2. The second kappa shape index (κ2) is 9.48. The van der Waals surface area contributed by atoms with Crippen LogP contribution in [0.1, 0.15) is 26.5 Å². The Morgan fingerprint density at radius 2 is 1.79 bits per heavy atom. The van der Waals surface area contributed by atoms with Crippen molar-refractivity contribution in [2.24, 2.45) is 0 Å². The number of nitrogens with one attached hydrogen (secondary N) is 2. The molecule has 0 spiro atoms. The van der Waals surface area contributed by atoms with E-state index in [1.165, 1.54) is 28.7 Å². The Hall–Kier alpha value is -2.71. The summed E-state index contributed by atoms with van der Waals surface area (Å²) >= 11 is 2.44. The summed E-state index contributed by atoms with van der Waals surface area (Å²) in [7, 11) is 0. The summed E-state index contributed by atoms with van der Waals surface area (Å²) in [6.45, 7) is 4.43. The maximum absolute atomic E-state index is 12.3. The average molecular weight is 413 g/mol. The maximum atomic E-state index is 12.3. The van der Waals surface area contributed by atoms with Gasteiger partial charge >= 0.3 is 0 Å². The van der Waals surface area contributed by atoms with Crippen molar-refractivity contribution in [3.05, 3.63) is 70.2 Å². The molecule has 28 heavy (non-hydrogen) atoms. The topological polar surface area (TPSA) is 84.0 Å². The molecule has 144 valence electrons. The zero-order chi connectivity index (χ0) is 19.9. The lowest BCUT2D eigenvalue weighted by atomic mass is 10.1. The van der Waals surface area contributed by atoms with Crippen LogP contribution >= 0.6 is 23.1 Å². The molecule has 0 fully saturated rings. The molecule has 2 amide bonds. The number of carbonyl (C=O) groups is 2. The predicted molar refractivity (Wildman–Crippen MR) is 113 cm³/mol. The van der Waals surface area contributed by atoms with E-state index < -0.39 is 0 Å². The monoisotopic (exact) mass is 412 g/mol. The quantitative estimate of drug-likeness (QED) is 0.577. The number of nitrogens with zero attached hydrogens (tertiary/aromatic N) is 2. The van der Waals surface area contributed by atoms with Gasteiger partial charge in [-0.05, 0) is 31.0 Å². The van der Waals surface area contributed by atoms with Gasteiger partial charge in [0.05, 0.1) is 5.75 Å². The van der Waals surface area contributed by atoms with Gasteiger partial charge in [0.2, 0.25) is 10.9 Å². The average Bonchev–Trinajstić information content (AvgIpc) is 3.17. The highest BCUT2D eigenvalue weighted by Gasteiger charge is 2.15. The van der Waals surface area contributed by atoms with Crippen LogP contribution in [0, 0.1) is 13.8 Å². The first-order valence-corrected chi connectivity index (χ1v) is 10.5. The van der Waals surface area contributed by atoms with Crippen molar-refractivity contribution in [2.75, 3.05) is 11.1 Å². The number of benzene rings is 2. The first kappa shape index (κ1) is 20.0. The Bertz CT molecular complexity index is 970. The number of para-hydroxylation sites is 1. The smallest absolute Gasteiger partial charge is 0.286 e. The van der Waals surface area contributed by atoms with E-state index in [4.69, 9.17) is 0 Å². The molecule has 0 aliphatic rings. The van der Waals surface area contributed by atoms with E-state index in [9.17, 15) is 9.59 Å². The van der Waals surface area contributed by atoms with Gasteiger partial charge in [-0.3, -0.25) is 9.59 Å². The molecular formula is C20H20N4O2S2. The highest BCUT2D eigenvalue weighted by molar-refractivity contribution is 8.01. The van der Waals surface area contributed by atoms with Gasteiger partial charge in [-0.1, -0.05) is 71.1 Å². The molecule has 8 heteroatoms. The van der Waals surface area contributed by atoms with Crippen LogP contribution in [0.15, 0.2) is 52.9 Å². The van der Waals surface area contributed by atoms with Crippen molar-refractivity contribution >= 4 is 40.6 Å². The van der Waals surface area contributed by atoms with Gasteiger partial charge in [0.15, 0.2) is 4.34 Å². The summed E-state index contributed by atoms with van der Waals surface area (Å²) in [6.07, 6.45) is 0. The lowest BCUT2D eigenvalue weighted by molar-refractivity contribution is -0.118. The Kier molecular flexibility index (Phi) is 6.78. The zero-order valence-corrected chi connectivity index (χ0v) is 17.2. The van der Waals surface area contributed by atoms with Crippen molar-refractivity contribution in [2.45, 2.75) is 24.7 Å². The normalized spacial score (nSPS) is 10.5. The van der Waals surface area contributed by atoms with Crippen molar-refractivity contribution < 1.29 is 9.59 Å². The summed E-state index contributed by atoms with van der Waals surface area (Å²) < 4.78 is 0.584. The first-order chi connectivity index (χ1) is 13.5. The van der Waals surface area contributed by atoms with Crippen molar-refractivity contribution in [3.63, 3.8) is 0 Å². The standard InChI is InChI=1S/C20H20N4O2S2/c1-13-7-9-15(10-8-13)11-21-17(25)12-27-20-24-23-19(28-20)18(26)22-16-6-4-3-5-14(16)2/h3-10H,11-12H2,1-2H3,(H,21,25)(H,22,26). The molecule has 0 saturated carbocycles. The molecule has 1 aromatic heterocycles. The molecular weight excluding hydrogens is 392 g/mol. The molecule has 6 nitrogen and oxygen atoms in total. The number of aryl methyl sites for hydroxylation is 2. The van der Waals surface area contributed by atoms with Crippen LogP contribution in [0.2, 0.25) is 0 Å². The number of thioether (sulfide) groups is 1. The molecule has 0 aliphatic carbocycles. The van der Waals surface area contributed by atoms with Crippen LogP contribution in [0.5, 0.6) is 0 Å². The van der Waals surface area contributed by atoms with Gasteiger partial charge in [0.25, 0.3) is 5.91 Å². The SMILES string of the molecule is Cc1ccc(CNC(=O)CSc2nnc(C(=O)Nc3ccccc3C)s2)cc1. The molecule has 3 rings (SSSR count). The molecule has 3 aromatic rings. The summed E-state index contributed by atoms with van der Waals surface area (Å²) in [5, 5.41) is 13.9. The molecule has 0 saturated heterocycles. The van der Waals surface area contributed by atoms with E-state index in [-0.39, 0.29) is 22.6 Å². The third kappa shape index (κ3) is 5.64. The predicted octanol–water partition coefficient (Wildman–Crippen LogP) is 3.82. The fourth-order valence-electron chi connectivity index (χ4n) is 2.33. The first-order valence-electron chi connectivity index (χ1n) is 8.67. The lowest BCUT2D eigenvalue weighted by Gasteiger charge is -2.05. The van der Waals surface area contributed by atoms with Crippen LogP contribution < -0.4 is 10.6 Å². The Labute approximate surface area is 171 Å². The van der Waals surface area contributed by atoms with Crippen LogP contribution in [0.25, 0.3) is 0 Å². The third-order valence-corrected chi connectivity index (χ3v) is 5.99. The van der Waals surface area contributed by atoms with E-state index in [0.717, 1.165) is 16.8 Å². The minimum Gasteiger partial charge on any atom is -0.351 e. The van der Waals surface area contributed by atoms with Gasteiger partial charge in [-0.2, -0.15) is 0 Å². The molecule has 0 radical (unpaired) electrons. The van der Waals surface area contributed by atoms with Crippen molar-refractivity contribution in [1.29, 1.82) is 0 Å². The molecule has 1 heterocycles. The van der Waals surface area contributed by atoms with Gasteiger partial charge in [-0.25, -0.2) is 0 Å². The number of hydrogen-bond donors (Lipinski definition) is 2. The zero-order valence-electron chi connectivity index (χ0n) is 15.6. The minimum atomic E-state index is -0.303. The maximum Gasteiger partial charge on any atom is 0.286 e. The number of amides is 2. The van der Waals surface area contributed by atoms with E-state index in [1.807, 2.05) is 62.4 Å². The van der Waals surface area contributed by atoms with Gasteiger partial charge < -0.3 is 10.6 Å². The lowest BCUT2D eigenvalue weighted by Crippen LogP contribution is -2.24. The van der Waals surface area contributed by atoms with E-state index in [2.05, 4.69) is 20.8 Å². The molecule has 0 unspecified atom stereocenters. The van der Waals surface area contributed by atoms with Gasteiger partial charge in [0.1, 0.15) is 0 Å². The number of anilines is 1. The summed E-state index contributed by atoms with van der Waals surface area (Å²) in [5.41, 5.74) is 3.95. The minimum absolute atomic E-state index is 0.0910. The number of hydrogen-bond acceptors (Lipinski definition) is 6. The third-order valence-electron chi connectivity index (χ3n) is 3.93. The van der Waals surface area contributed by atoms with Crippen LogP contribution in [0.3, 0.4) is 0 Å². The number of carbonyl (C=O) groups excluding carboxylic acids is 2. The van der Waals surface area contributed by atoms with E-state index in [1.54, 1.807) is 0 Å². The van der Waals surface area contributed by atoms with Crippen LogP contribution in [0.4, 0.5) is 5.69 Å². The molecule has 2 aromatic carbocycles. The molecule has 2 N–H and O–H groups in total. The summed E-state index contributed by atoms with van der Waals surface area (Å²) in [6, 6.07) is 15.5. The molecule has 0 bridgehead atoms. The fraction of sp³-hybridized carbons (Fsp3) is 0.200. The molecule has 0 atom stereocenters. The van der Waals surface area contributed by atoms with E-state index >= 15 is 0 Å². The van der Waals surface area contributed by atoms with Crippen molar-refractivity contribution in [3.8, 4) is 0 Å². The molecule has 0 aliphatic heterocycles. The summed E-state index contributed by atoms with van der Waals surface area (Å²) in [5.74, 6) is -0.172. The largest absolute Gasteiger partial charge is 0.351 e. The Morgan fingerprint density at radius 1 is 1.04 bits per heavy atom. The second-order valence-electron chi connectivity index (χ2n) is 6.19. The van der Waals surface area contributed by atoms with Crippen LogP contribution in [-0.4, -0.2) is 27.8 Å². The van der Waals surface area contributed by atoms with Gasteiger partial charge in [-0.15, -0.1) is 10.2 Å². The van der Waals surface area contributed by atoms with E-state index in [0.29, 0.717) is 10.9 Å². The Balaban J connectivity index is 1.47. The van der Waals surface area contributed by atoms with Crippen LogP contribution in [-0.2, 0) is 11.3 Å².